The van der Waals surface area contributed by atoms with Gasteiger partial charge >= 0.3 is 0 Å². The molecule has 242 valence electrons. The third-order valence-electron chi connectivity index (χ3n) is 9.61. The Kier molecular flexibility index (Phi) is 7.21. The van der Waals surface area contributed by atoms with Gasteiger partial charge in [-0.1, -0.05) is 12.1 Å². The van der Waals surface area contributed by atoms with E-state index in [0.29, 0.717) is 17.3 Å². The lowest BCUT2D eigenvalue weighted by molar-refractivity contribution is -0.0712. The van der Waals surface area contributed by atoms with Crippen molar-refractivity contribution >= 4 is 16.9 Å². The predicted octanol–water partition coefficient (Wildman–Crippen LogP) is 5.18. The van der Waals surface area contributed by atoms with Crippen molar-refractivity contribution in [2.45, 2.75) is 64.0 Å². The quantitative estimate of drug-likeness (QED) is 0.238. The molecule has 2 saturated heterocycles. The van der Waals surface area contributed by atoms with E-state index in [1.165, 1.54) is 12.1 Å². The number of hydrogen-bond acceptors (Lipinski definition) is 8. The molecule has 11 nitrogen and oxygen atoms in total. The van der Waals surface area contributed by atoms with Crippen LogP contribution in [0.25, 0.3) is 22.4 Å². The van der Waals surface area contributed by atoms with E-state index < -0.39 is 17.5 Å². The van der Waals surface area contributed by atoms with Crippen LogP contribution in [0.5, 0.6) is 11.5 Å². The number of aromatic nitrogens is 5. The highest BCUT2D eigenvalue weighted by Gasteiger charge is 2.43. The number of para-hydroxylation sites is 1. The second-order valence-corrected chi connectivity index (χ2v) is 12.8. The van der Waals surface area contributed by atoms with Crippen molar-refractivity contribution < 1.29 is 23.4 Å². The number of aromatic amines is 1. The topological polar surface area (TPSA) is 133 Å². The minimum absolute atomic E-state index is 0.0934. The Labute approximate surface area is 270 Å². The van der Waals surface area contributed by atoms with Crippen LogP contribution in [0.15, 0.2) is 54.6 Å². The first-order valence-electron chi connectivity index (χ1n) is 16.1. The van der Waals surface area contributed by atoms with Crippen LogP contribution in [0.3, 0.4) is 0 Å². The molecule has 2 aromatic heterocycles. The first-order chi connectivity index (χ1) is 22.7. The summed E-state index contributed by atoms with van der Waals surface area (Å²) in [6.45, 7) is 7.68. The van der Waals surface area contributed by atoms with Gasteiger partial charge in [0.1, 0.15) is 17.5 Å². The van der Waals surface area contributed by atoms with Gasteiger partial charge in [0.2, 0.25) is 5.91 Å². The number of piperidine rings is 1. The molecule has 0 spiro atoms. The highest BCUT2D eigenvalue weighted by atomic mass is 19.1. The third-order valence-corrected chi connectivity index (χ3v) is 9.61. The molecule has 3 N–H and O–H groups in total. The maximum atomic E-state index is 15.1. The van der Waals surface area contributed by atoms with Crippen molar-refractivity contribution in [3.63, 3.8) is 0 Å². The molecule has 2 atom stereocenters. The van der Waals surface area contributed by atoms with Crippen LogP contribution in [0.2, 0.25) is 0 Å². The zero-order valence-electron chi connectivity index (χ0n) is 26.3. The summed E-state index contributed by atoms with van der Waals surface area (Å²) in [7, 11) is 0. The van der Waals surface area contributed by atoms with Gasteiger partial charge in [0.25, 0.3) is 5.79 Å². The van der Waals surface area contributed by atoms with Gasteiger partial charge in [0.05, 0.1) is 35.8 Å². The Hall–Kier alpha value is -4.81. The number of carbonyl (C=O) groups excluding carboxylic acids is 1. The molecule has 0 unspecified atom stereocenters. The summed E-state index contributed by atoms with van der Waals surface area (Å²) in [5.74, 6) is 1.28. The van der Waals surface area contributed by atoms with E-state index >= 15 is 4.39 Å². The Bertz CT molecular complexity index is 2000. The lowest BCUT2D eigenvalue weighted by Gasteiger charge is -2.33. The maximum absolute atomic E-state index is 15.1. The zero-order chi connectivity index (χ0) is 32.3. The highest BCUT2D eigenvalue weighted by molar-refractivity contribution is 5.92. The SMILES string of the molecule is Cc1nc(-c2ccc3c(c2)nc(CN2CCC(c4cccc5c4O[C@@](C)(c4ccc(C(N)=O)cc4F)O5)CC2)n3C[C@@H]2CCO2)n[nH]1. The number of fused-ring (bicyclic) bond motifs is 2. The van der Waals surface area contributed by atoms with E-state index in [1.54, 1.807) is 6.92 Å². The van der Waals surface area contributed by atoms with E-state index in [4.69, 9.17) is 24.9 Å². The van der Waals surface area contributed by atoms with Crippen molar-refractivity contribution in [2.24, 2.45) is 5.73 Å². The average Bonchev–Trinajstić information content (AvgIpc) is 3.73. The van der Waals surface area contributed by atoms with E-state index in [2.05, 4.69) is 48.9 Å². The number of primary amides is 1. The van der Waals surface area contributed by atoms with E-state index in [1.807, 2.05) is 19.1 Å². The van der Waals surface area contributed by atoms with Crippen molar-refractivity contribution in [1.82, 2.24) is 29.6 Å². The van der Waals surface area contributed by atoms with Gasteiger partial charge in [-0.25, -0.2) is 14.4 Å². The normalized spacial score (nSPS) is 21.3. The molecule has 5 aromatic rings. The molecular formula is C35H36FN7O4. The predicted molar refractivity (Wildman–Crippen MR) is 171 cm³/mol. The summed E-state index contributed by atoms with van der Waals surface area (Å²) >= 11 is 0. The summed E-state index contributed by atoms with van der Waals surface area (Å²) in [5, 5.41) is 7.25. The van der Waals surface area contributed by atoms with Crippen LogP contribution in [0.1, 0.15) is 65.2 Å². The van der Waals surface area contributed by atoms with Gasteiger partial charge in [0.15, 0.2) is 17.3 Å². The first-order valence-corrected chi connectivity index (χ1v) is 16.1. The second kappa shape index (κ2) is 11.5. The largest absolute Gasteiger partial charge is 0.444 e. The molecule has 0 aliphatic carbocycles. The highest BCUT2D eigenvalue weighted by Crippen LogP contribution is 2.49. The Balaban J connectivity index is 0.992. The summed E-state index contributed by atoms with van der Waals surface area (Å²) < 4.78 is 35.8. The Morgan fingerprint density at radius 1 is 1.09 bits per heavy atom. The van der Waals surface area contributed by atoms with Gasteiger partial charge in [-0.3, -0.25) is 14.8 Å². The minimum atomic E-state index is -1.37. The minimum Gasteiger partial charge on any atom is -0.444 e. The fourth-order valence-electron chi connectivity index (χ4n) is 6.97. The molecule has 47 heavy (non-hydrogen) atoms. The average molecular weight is 638 g/mol. The molecule has 2 fully saturated rings. The molecule has 3 aromatic carbocycles. The molecule has 3 aliphatic rings. The lowest BCUT2D eigenvalue weighted by atomic mass is 9.88. The van der Waals surface area contributed by atoms with Crippen LogP contribution in [-0.2, 0) is 23.6 Å². The number of imidazole rings is 1. The molecule has 3 aliphatic heterocycles. The van der Waals surface area contributed by atoms with E-state index in [0.717, 1.165) is 91.9 Å². The molecule has 12 heteroatoms. The Morgan fingerprint density at radius 2 is 1.91 bits per heavy atom. The van der Waals surface area contributed by atoms with Gasteiger partial charge < -0.3 is 24.5 Å². The fourth-order valence-corrected chi connectivity index (χ4v) is 6.97. The number of carbonyl (C=O) groups is 1. The number of nitrogens with one attached hydrogen (secondary N) is 1. The smallest absolute Gasteiger partial charge is 0.278 e. The second-order valence-electron chi connectivity index (χ2n) is 12.8. The van der Waals surface area contributed by atoms with E-state index in [9.17, 15) is 4.79 Å². The molecule has 8 rings (SSSR count). The van der Waals surface area contributed by atoms with Crippen LogP contribution >= 0.6 is 0 Å². The Morgan fingerprint density at radius 3 is 2.62 bits per heavy atom. The zero-order valence-corrected chi connectivity index (χ0v) is 26.3. The number of ether oxygens (including phenoxy) is 3. The van der Waals surface area contributed by atoms with Crippen LogP contribution < -0.4 is 15.2 Å². The summed E-state index contributed by atoms with van der Waals surface area (Å²) in [5.41, 5.74) is 9.64. The van der Waals surface area contributed by atoms with Gasteiger partial charge in [0, 0.05) is 30.2 Å². The summed E-state index contributed by atoms with van der Waals surface area (Å²) in [6, 6.07) is 16.2. The number of hydrogen-bond donors (Lipinski definition) is 2. The lowest BCUT2D eigenvalue weighted by Crippen LogP contribution is -2.35. The van der Waals surface area contributed by atoms with Crippen LogP contribution in [-0.4, -0.2) is 61.3 Å². The summed E-state index contributed by atoms with van der Waals surface area (Å²) in [6.07, 6.45) is 3.11. The van der Waals surface area contributed by atoms with Crippen molar-refractivity contribution in [2.75, 3.05) is 19.7 Å². The van der Waals surface area contributed by atoms with Crippen LogP contribution in [0, 0.1) is 12.7 Å². The third kappa shape index (κ3) is 5.40. The number of nitrogens with two attached hydrogens (primary N) is 1. The molecule has 0 radical (unpaired) electrons. The number of halogens is 1. The fraction of sp³-hybridized carbons (Fsp3) is 0.371. The van der Waals surface area contributed by atoms with Crippen LogP contribution in [0.4, 0.5) is 4.39 Å². The first kappa shape index (κ1) is 29.6. The number of aryl methyl sites for hydroxylation is 1. The van der Waals surface area contributed by atoms with Crippen molar-refractivity contribution in [1.29, 1.82) is 0 Å². The number of likely N-dealkylation sites (tertiary alicyclic amines) is 1. The number of H-pyrrole nitrogens is 1. The monoisotopic (exact) mass is 637 g/mol. The van der Waals surface area contributed by atoms with Gasteiger partial charge in [-0.15, -0.1) is 0 Å². The number of benzene rings is 3. The van der Waals surface area contributed by atoms with Gasteiger partial charge in [-0.2, -0.15) is 5.10 Å². The molecule has 0 saturated carbocycles. The maximum Gasteiger partial charge on any atom is 0.278 e. The van der Waals surface area contributed by atoms with Crippen molar-refractivity contribution in [3.05, 3.63) is 88.8 Å². The van der Waals surface area contributed by atoms with E-state index in [-0.39, 0.29) is 23.1 Å². The number of amides is 1. The van der Waals surface area contributed by atoms with Crippen molar-refractivity contribution in [3.8, 4) is 22.9 Å². The standard InChI is InChI=1S/C35H36FN7O4/c1-20-38-34(41-40-20)23-7-9-29-28(17-23)39-31(43(29)18-24-12-15-45-24)19-42-13-10-21(11-14-42)25-4-3-5-30-32(25)47-35(2,46-30)26-8-6-22(33(37)44)16-27(26)36/h3-9,16-17,21,24H,10-15,18-19H2,1-2H3,(H2,37,44)(H,38,40,41)/t24-,35-/m0/s1. The molecule has 1 amide bonds. The molecular weight excluding hydrogens is 601 g/mol. The summed E-state index contributed by atoms with van der Waals surface area (Å²) in [4.78, 5) is 23.6. The number of rotatable bonds is 8. The molecule has 0 bridgehead atoms. The molecule has 5 heterocycles. The van der Waals surface area contributed by atoms with Gasteiger partial charge in [-0.05, 0) is 87.7 Å². The number of nitrogens with zero attached hydrogens (tertiary/aromatic N) is 5.